The number of hydrogen-bond donors (Lipinski definition) is 2. The molecule has 30 heavy (non-hydrogen) atoms. The van der Waals surface area contributed by atoms with Crippen LogP contribution in [-0.2, 0) is 11.2 Å². The number of aryl methyl sites for hydroxylation is 1. The van der Waals surface area contributed by atoms with Crippen molar-refractivity contribution < 1.29 is 9.59 Å². The van der Waals surface area contributed by atoms with E-state index in [-0.39, 0.29) is 30.3 Å². The van der Waals surface area contributed by atoms with Gasteiger partial charge >= 0.3 is 0 Å². The standard InChI is InChI=1S/C22H22ClN5O2/c1-14-24-21(27-26-14)19-12-18(25-22(30)16-5-3-2-4-6-16)13-28(19)20(29)11-15-7-9-17(23)10-8-15/h2-10,18-19H,11-13H2,1H3,(H,25,30)(H,24,26,27)/t18-,19-/m0/s1. The van der Waals surface area contributed by atoms with Gasteiger partial charge in [-0.3, -0.25) is 14.7 Å². The largest absolute Gasteiger partial charge is 0.347 e. The van der Waals surface area contributed by atoms with Crippen molar-refractivity contribution in [2.75, 3.05) is 6.54 Å². The van der Waals surface area contributed by atoms with E-state index in [1.807, 2.05) is 37.3 Å². The Kier molecular flexibility index (Phi) is 5.81. The van der Waals surface area contributed by atoms with E-state index < -0.39 is 0 Å². The molecule has 1 saturated heterocycles. The van der Waals surface area contributed by atoms with E-state index in [1.54, 1.807) is 29.2 Å². The number of carbonyl (C=O) groups excluding carboxylic acids is 2. The monoisotopic (exact) mass is 423 g/mol. The molecule has 2 N–H and O–H groups in total. The van der Waals surface area contributed by atoms with E-state index in [1.165, 1.54) is 0 Å². The van der Waals surface area contributed by atoms with Crippen LogP contribution >= 0.6 is 11.6 Å². The number of nitrogens with zero attached hydrogens (tertiary/aromatic N) is 3. The molecule has 2 amide bonds. The van der Waals surface area contributed by atoms with Crippen LogP contribution in [0.25, 0.3) is 0 Å². The van der Waals surface area contributed by atoms with Gasteiger partial charge in [-0.1, -0.05) is 41.9 Å². The summed E-state index contributed by atoms with van der Waals surface area (Å²) in [6.07, 6.45) is 0.804. The maximum atomic E-state index is 13.1. The second kappa shape index (κ2) is 8.67. The molecular formula is C22H22ClN5O2. The third-order valence-electron chi connectivity index (χ3n) is 5.17. The summed E-state index contributed by atoms with van der Waals surface area (Å²) in [4.78, 5) is 31.9. The number of amides is 2. The Hall–Kier alpha value is -3.19. The van der Waals surface area contributed by atoms with Crippen LogP contribution in [0.3, 0.4) is 0 Å². The summed E-state index contributed by atoms with van der Waals surface area (Å²) in [5.74, 6) is 1.05. The number of benzene rings is 2. The highest BCUT2D eigenvalue weighted by Gasteiger charge is 2.38. The molecule has 0 spiro atoms. The fourth-order valence-corrected chi connectivity index (χ4v) is 3.83. The lowest BCUT2D eigenvalue weighted by molar-refractivity contribution is -0.131. The minimum Gasteiger partial charge on any atom is -0.347 e. The van der Waals surface area contributed by atoms with Gasteiger partial charge in [0.2, 0.25) is 5.91 Å². The molecule has 2 heterocycles. The molecule has 154 valence electrons. The zero-order valence-corrected chi connectivity index (χ0v) is 17.3. The average molecular weight is 424 g/mol. The van der Waals surface area contributed by atoms with Gasteiger partial charge in [-0.05, 0) is 43.2 Å². The molecule has 1 fully saturated rings. The minimum absolute atomic E-state index is 0.0405. The predicted molar refractivity (Wildman–Crippen MR) is 113 cm³/mol. The van der Waals surface area contributed by atoms with Crippen LogP contribution in [0.4, 0.5) is 0 Å². The van der Waals surface area contributed by atoms with Gasteiger partial charge in [-0.15, -0.1) is 0 Å². The van der Waals surface area contributed by atoms with Crippen molar-refractivity contribution in [1.29, 1.82) is 0 Å². The number of rotatable bonds is 5. The Morgan fingerprint density at radius 1 is 1.17 bits per heavy atom. The molecular weight excluding hydrogens is 402 g/mol. The summed E-state index contributed by atoms with van der Waals surface area (Å²) in [7, 11) is 0. The second-order valence-electron chi connectivity index (χ2n) is 7.42. The highest BCUT2D eigenvalue weighted by Crippen LogP contribution is 2.31. The molecule has 0 aliphatic carbocycles. The number of aromatic amines is 1. The highest BCUT2D eigenvalue weighted by atomic mass is 35.5. The molecule has 7 nitrogen and oxygen atoms in total. The smallest absolute Gasteiger partial charge is 0.251 e. The van der Waals surface area contributed by atoms with Crippen molar-refractivity contribution in [3.8, 4) is 0 Å². The topological polar surface area (TPSA) is 91.0 Å². The molecule has 0 saturated carbocycles. The highest BCUT2D eigenvalue weighted by molar-refractivity contribution is 6.30. The fraction of sp³-hybridized carbons (Fsp3) is 0.273. The van der Waals surface area contributed by atoms with E-state index >= 15 is 0 Å². The van der Waals surface area contributed by atoms with Gasteiger partial charge in [0, 0.05) is 23.2 Å². The first-order chi connectivity index (χ1) is 14.5. The molecule has 8 heteroatoms. The maximum absolute atomic E-state index is 13.1. The third-order valence-corrected chi connectivity index (χ3v) is 5.43. The lowest BCUT2D eigenvalue weighted by Gasteiger charge is -2.22. The molecule has 0 radical (unpaired) electrons. The molecule has 3 aromatic rings. The van der Waals surface area contributed by atoms with Gasteiger partial charge in [-0.2, -0.15) is 5.10 Å². The Morgan fingerprint density at radius 2 is 1.90 bits per heavy atom. The Labute approximate surface area is 179 Å². The van der Waals surface area contributed by atoms with Crippen LogP contribution < -0.4 is 5.32 Å². The fourth-order valence-electron chi connectivity index (χ4n) is 3.71. The van der Waals surface area contributed by atoms with Gasteiger partial charge in [0.05, 0.1) is 12.5 Å². The van der Waals surface area contributed by atoms with E-state index in [2.05, 4.69) is 20.5 Å². The van der Waals surface area contributed by atoms with Crippen molar-refractivity contribution in [2.45, 2.75) is 31.8 Å². The van der Waals surface area contributed by atoms with Crippen LogP contribution in [0.2, 0.25) is 5.02 Å². The SMILES string of the molecule is Cc1nc([C@@H]2C[C@H](NC(=O)c3ccccc3)CN2C(=O)Cc2ccc(Cl)cc2)n[nH]1. The Morgan fingerprint density at radius 3 is 2.57 bits per heavy atom. The normalized spacial score (nSPS) is 18.4. The minimum atomic E-state index is -0.296. The van der Waals surface area contributed by atoms with Gasteiger partial charge < -0.3 is 10.2 Å². The summed E-state index contributed by atoms with van der Waals surface area (Å²) in [5.41, 5.74) is 1.47. The van der Waals surface area contributed by atoms with E-state index in [4.69, 9.17) is 11.6 Å². The average Bonchev–Trinajstić information content (AvgIpc) is 3.36. The zero-order valence-electron chi connectivity index (χ0n) is 16.5. The summed E-state index contributed by atoms with van der Waals surface area (Å²) in [5, 5.41) is 10.8. The van der Waals surface area contributed by atoms with E-state index in [0.717, 1.165) is 5.56 Å². The molecule has 1 aliphatic rings. The van der Waals surface area contributed by atoms with Crippen molar-refractivity contribution in [2.24, 2.45) is 0 Å². The molecule has 1 aromatic heterocycles. The van der Waals surface area contributed by atoms with E-state index in [0.29, 0.717) is 35.2 Å². The molecule has 0 bridgehead atoms. The number of aromatic nitrogens is 3. The zero-order chi connectivity index (χ0) is 21.1. The summed E-state index contributed by atoms with van der Waals surface area (Å²) < 4.78 is 0. The van der Waals surface area contributed by atoms with Crippen molar-refractivity contribution in [3.05, 3.63) is 82.4 Å². The predicted octanol–water partition coefficient (Wildman–Crippen LogP) is 3.08. The lowest BCUT2D eigenvalue weighted by Crippen LogP contribution is -2.39. The number of hydrogen-bond acceptors (Lipinski definition) is 4. The first-order valence-corrected chi connectivity index (χ1v) is 10.2. The molecule has 2 aromatic carbocycles. The number of halogens is 1. The van der Waals surface area contributed by atoms with Crippen molar-refractivity contribution in [3.63, 3.8) is 0 Å². The summed E-state index contributed by atoms with van der Waals surface area (Å²) in [6, 6.07) is 15.8. The quantitative estimate of drug-likeness (QED) is 0.659. The first kappa shape index (κ1) is 20.1. The van der Waals surface area contributed by atoms with Crippen LogP contribution in [0, 0.1) is 6.92 Å². The lowest BCUT2D eigenvalue weighted by atomic mass is 10.1. The summed E-state index contributed by atoms with van der Waals surface area (Å²) >= 11 is 5.94. The van der Waals surface area contributed by atoms with Gasteiger partial charge in [0.15, 0.2) is 5.82 Å². The van der Waals surface area contributed by atoms with Crippen LogP contribution in [0.5, 0.6) is 0 Å². The van der Waals surface area contributed by atoms with Crippen LogP contribution in [0.1, 0.15) is 40.0 Å². The first-order valence-electron chi connectivity index (χ1n) is 9.78. The van der Waals surface area contributed by atoms with Crippen molar-refractivity contribution in [1.82, 2.24) is 25.4 Å². The van der Waals surface area contributed by atoms with Crippen molar-refractivity contribution >= 4 is 23.4 Å². The molecule has 0 unspecified atom stereocenters. The second-order valence-corrected chi connectivity index (χ2v) is 7.85. The Balaban J connectivity index is 1.51. The van der Waals surface area contributed by atoms with Crippen LogP contribution in [0.15, 0.2) is 54.6 Å². The third kappa shape index (κ3) is 4.52. The number of carbonyl (C=O) groups is 2. The van der Waals surface area contributed by atoms with Gasteiger partial charge in [-0.25, -0.2) is 4.98 Å². The number of nitrogens with one attached hydrogen (secondary N) is 2. The van der Waals surface area contributed by atoms with Gasteiger partial charge in [0.1, 0.15) is 5.82 Å². The van der Waals surface area contributed by atoms with Gasteiger partial charge in [0.25, 0.3) is 5.91 Å². The Bertz CT molecular complexity index is 1040. The number of H-pyrrole nitrogens is 1. The van der Waals surface area contributed by atoms with E-state index in [9.17, 15) is 9.59 Å². The molecule has 1 aliphatic heterocycles. The maximum Gasteiger partial charge on any atom is 0.251 e. The summed E-state index contributed by atoms with van der Waals surface area (Å²) in [6.45, 7) is 2.23. The molecule has 4 rings (SSSR count). The van der Waals surface area contributed by atoms with Crippen LogP contribution in [-0.4, -0.2) is 44.5 Å². The number of likely N-dealkylation sites (tertiary alicyclic amines) is 1. The molecule has 2 atom stereocenters.